The summed E-state index contributed by atoms with van der Waals surface area (Å²) in [7, 11) is 1.85. The number of carbonyl (C=O) groups excluding carboxylic acids is 1. The highest BCUT2D eigenvalue weighted by molar-refractivity contribution is 7.18. The molecular formula is C22H26N2O2S. The van der Waals surface area contributed by atoms with Crippen molar-refractivity contribution in [3.63, 3.8) is 0 Å². The lowest BCUT2D eigenvalue weighted by molar-refractivity contribution is -0.130. The number of thiazole rings is 1. The lowest BCUT2D eigenvalue weighted by atomic mass is 10.1. The molecule has 0 bridgehead atoms. The number of unbranched alkanes of at least 4 members (excludes halogenated alkanes) is 1. The van der Waals surface area contributed by atoms with Crippen LogP contribution in [0.4, 0.5) is 0 Å². The number of para-hydroxylation sites is 1. The van der Waals surface area contributed by atoms with Crippen LogP contribution < -0.4 is 4.74 Å². The number of fused-ring (bicyclic) bond motifs is 1. The molecule has 0 radical (unpaired) electrons. The van der Waals surface area contributed by atoms with Crippen LogP contribution >= 0.6 is 11.3 Å². The van der Waals surface area contributed by atoms with Crippen molar-refractivity contribution in [1.29, 1.82) is 0 Å². The van der Waals surface area contributed by atoms with Gasteiger partial charge in [-0.15, -0.1) is 11.3 Å². The SMILES string of the molecule is Cc1ccc(C)c(OCCCCC(=O)N(C)Cc2nc3ccccc3s2)c1. The molecule has 1 heterocycles. The monoisotopic (exact) mass is 382 g/mol. The van der Waals surface area contributed by atoms with Gasteiger partial charge in [-0.05, 0) is 56.0 Å². The van der Waals surface area contributed by atoms with Crippen LogP contribution in [0, 0.1) is 13.8 Å². The number of aromatic nitrogens is 1. The van der Waals surface area contributed by atoms with E-state index in [1.165, 1.54) is 5.56 Å². The number of ether oxygens (including phenoxy) is 1. The average Bonchev–Trinajstić information content (AvgIpc) is 3.06. The summed E-state index contributed by atoms with van der Waals surface area (Å²) in [5, 5.41) is 0.977. The Kier molecular flexibility index (Phi) is 6.45. The predicted octanol–water partition coefficient (Wildman–Crippen LogP) is 5.12. The quantitative estimate of drug-likeness (QED) is 0.508. The first kappa shape index (κ1) is 19.4. The van der Waals surface area contributed by atoms with Gasteiger partial charge in [0.15, 0.2) is 0 Å². The number of rotatable bonds is 8. The third kappa shape index (κ3) is 5.30. The fraction of sp³-hybridized carbons (Fsp3) is 0.364. The van der Waals surface area contributed by atoms with E-state index in [1.54, 1.807) is 16.2 Å². The normalized spacial score (nSPS) is 10.9. The van der Waals surface area contributed by atoms with Gasteiger partial charge in [0.25, 0.3) is 0 Å². The molecule has 5 heteroatoms. The van der Waals surface area contributed by atoms with Gasteiger partial charge in [-0.3, -0.25) is 4.79 Å². The Balaban J connectivity index is 1.40. The first-order valence-corrected chi connectivity index (χ1v) is 10.1. The largest absolute Gasteiger partial charge is 0.493 e. The van der Waals surface area contributed by atoms with Gasteiger partial charge < -0.3 is 9.64 Å². The van der Waals surface area contributed by atoms with E-state index in [9.17, 15) is 4.79 Å². The molecule has 1 amide bonds. The highest BCUT2D eigenvalue weighted by atomic mass is 32.1. The molecule has 142 valence electrons. The molecule has 1 aromatic heterocycles. The summed E-state index contributed by atoms with van der Waals surface area (Å²) in [6.07, 6.45) is 2.24. The van der Waals surface area contributed by atoms with Crippen LogP contribution in [0.5, 0.6) is 5.75 Å². The maximum atomic E-state index is 12.4. The van der Waals surface area contributed by atoms with Crippen LogP contribution in [0.2, 0.25) is 0 Å². The van der Waals surface area contributed by atoms with Crippen LogP contribution in [-0.2, 0) is 11.3 Å². The van der Waals surface area contributed by atoms with Gasteiger partial charge in [-0.25, -0.2) is 4.98 Å². The zero-order valence-electron chi connectivity index (χ0n) is 16.2. The van der Waals surface area contributed by atoms with Crippen molar-refractivity contribution >= 4 is 27.5 Å². The molecule has 0 unspecified atom stereocenters. The second-order valence-corrected chi connectivity index (χ2v) is 8.01. The van der Waals surface area contributed by atoms with E-state index in [-0.39, 0.29) is 5.91 Å². The Morgan fingerprint density at radius 2 is 1.96 bits per heavy atom. The summed E-state index contributed by atoms with van der Waals surface area (Å²) >= 11 is 1.65. The molecule has 2 aromatic carbocycles. The lowest BCUT2D eigenvalue weighted by Gasteiger charge is -2.15. The zero-order chi connectivity index (χ0) is 19.2. The summed E-state index contributed by atoms with van der Waals surface area (Å²) < 4.78 is 7.02. The van der Waals surface area contributed by atoms with Crippen molar-refractivity contribution in [1.82, 2.24) is 9.88 Å². The molecule has 0 saturated carbocycles. The smallest absolute Gasteiger partial charge is 0.222 e. The Labute approximate surface area is 164 Å². The van der Waals surface area contributed by atoms with E-state index in [2.05, 4.69) is 43.1 Å². The number of aryl methyl sites for hydroxylation is 2. The Morgan fingerprint density at radius 1 is 1.15 bits per heavy atom. The van der Waals surface area contributed by atoms with Crippen molar-refractivity contribution in [2.45, 2.75) is 39.7 Å². The lowest BCUT2D eigenvalue weighted by Crippen LogP contribution is -2.25. The number of hydrogen-bond donors (Lipinski definition) is 0. The number of hydrogen-bond acceptors (Lipinski definition) is 4. The summed E-state index contributed by atoms with van der Waals surface area (Å²) in [6, 6.07) is 14.3. The van der Waals surface area contributed by atoms with E-state index < -0.39 is 0 Å². The van der Waals surface area contributed by atoms with Crippen LogP contribution in [0.15, 0.2) is 42.5 Å². The summed E-state index contributed by atoms with van der Waals surface area (Å²) in [5.74, 6) is 1.09. The van der Waals surface area contributed by atoms with Crippen LogP contribution in [-0.4, -0.2) is 29.4 Å². The highest BCUT2D eigenvalue weighted by Crippen LogP contribution is 2.23. The molecule has 0 aliphatic rings. The average molecular weight is 383 g/mol. The van der Waals surface area contributed by atoms with Gasteiger partial charge in [-0.1, -0.05) is 24.3 Å². The van der Waals surface area contributed by atoms with Gasteiger partial charge in [0.1, 0.15) is 10.8 Å². The Hall–Kier alpha value is -2.40. The molecule has 27 heavy (non-hydrogen) atoms. The summed E-state index contributed by atoms with van der Waals surface area (Å²) in [6.45, 7) is 5.32. The highest BCUT2D eigenvalue weighted by Gasteiger charge is 2.12. The van der Waals surface area contributed by atoms with Gasteiger partial charge in [0, 0.05) is 13.5 Å². The van der Waals surface area contributed by atoms with Gasteiger partial charge in [0.05, 0.1) is 23.4 Å². The Morgan fingerprint density at radius 3 is 2.78 bits per heavy atom. The van der Waals surface area contributed by atoms with Crippen molar-refractivity contribution in [2.75, 3.05) is 13.7 Å². The van der Waals surface area contributed by atoms with E-state index in [4.69, 9.17) is 4.74 Å². The minimum absolute atomic E-state index is 0.154. The number of nitrogens with zero attached hydrogens (tertiary/aromatic N) is 2. The van der Waals surface area contributed by atoms with Crippen molar-refractivity contribution in [3.05, 3.63) is 58.6 Å². The van der Waals surface area contributed by atoms with Crippen molar-refractivity contribution < 1.29 is 9.53 Å². The number of benzene rings is 2. The minimum Gasteiger partial charge on any atom is -0.493 e. The first-order chi connectivity index (χ1) is 13.0. The van der Waals surface area contributed by atoms with Crippen LogP contribution in [0.3, 0.4) is 0 Å². The van der Waals surface area contributed by atoms with Crippen LogP contribution in [0.25, 0.3) is 10.2 Å². The third-order valence-corrected chi connectivity index (χ3v) is 5.54. The van der Waals surface area contributed by atoms with Gasteiger partial charge >= 0.3 is 0 Å². The van der Waals surface area contributed by atoms with Gasteiger partial charge in [0.2, 0.25) is 5.91 Å². The van der Waals surface area contributed by atoms with Crippen molar-refractivity contribution in [2.24, 2.45) is 0 Å². The molecule has 0 aliphatic carbocycles. The minimum atomic E-state index is 0.154. The zero-order valence-corrected chi connectivity index (χ0v) is 17.0. The summed E-state index contributed by atoms with van der Waals surface area (Å²) in [5.41, 5.74) is 3.34. The molecule has 4 nitrogen and oxygen atoms in total. The third-order valence-electron chi connectivity index (χ3n) is 4.52. The van der Waals surface area contributed by atoms with Crippen LogP contribution in [0.1, 0.15) is 35.4 Å². The molecule has 0 aliphatic heterocycles. The molecule has 0 saturated heterocycles. The molecule has 0 spiro atoms. The molecule has 3 rings (SSSR count). The van der Waals surface area contributed by atoms with E-state index in [1.807, 2.05) is 25.2 Å². The molecule has 3 aromatic rings. The molecule has 0 N–H and O–H groups in total. The number of carbonyl (C=O) groups is 1. The fourth-order valence-corrected chi connectivity index (χ4v) is 3.91. The second-order valence-electron chi connectivity index (χ2n) is 6.90. The topological polar surface area (TPSA) is 42.4 Å². The first-order valence-electron chi connectivity index (χ1n) is 9.31. The standard InChI is InChI=1S/C22H26N2O2S/c1-16-11-12-17(2)19(14-16)26-13-7-6-10-22(25)24(3)15-21-23-18-8-4-5-9-20(18)27-21/h4-5,8-9,11-12,14H,6-7,10,13,15H2,1-3H3. The summed E-state index contributed by atoms with van der Waals surface area (Å²) in [4.78, 5) is 18.7. The fourth-order valence-electron chi connectivity index (χ4n) is 2.89. The second kappa shape index (κ2) is 9.00. The van der Waals surface area contributed by atoms with E-state index in [0.717, 1.165) is 39.4 Å². The molecule has 0 atom stereocenters. The van der Waals surface area contributed by atoms with E-state index >= 15 is 0 Å². The van der Waals surface area contributed by atoms with Gasteiger partial charge in [-0.2, -0.15) is 0 Å². The Bertz CT molecular complexity index is 887. The maximum Gasteiger partial charge on any atom is 0.222 e. The molecular weight excluding hydrogens is 356 g/mol. The molecule has 0 fully saturated rings. The van der Waals surface area contributed by atoms with E-state index in [0.29, 0.717) is 19.6 Å². The van der Waals surface area contributed by atoms with Crippen molar-refractivity contribution in [3.8, 4) is 5.75 Å². The predicted molar refractivity (Wildman–Crippen MR) is 111 cm³/mol. The number of amides is 1. The maximum absolute atomic E-state index is 12.4.